The van der Waals surface area contributed by atoms with E-state index in [2.05, 4.69) is 15.4 Å². The molecule has 3 rings (SSSR count). The molecule has 0 spiro atoms. The third-order valence-electron chi connectivity index (χ3n) is 4.51. The van der Waals surface area contributed by atoms with E-state index >= 15 is 0 Å². The van der Waals surface area contributed by atoms with E-state index in [0.29, 0.717) is 5.92 Å². The highest BCUT2D eigenvalue weighted by atomic mass is 16.4. The van der Waals surface area contributed by atoms with Crippen LogP contribution < -0.4 is 5.32 Å². The highest BCUT2D eigenvalue weighted by Crippen LogP contribution is 2.30. The van der Waals surface area contributed by atoms with E-state index in [1.807, 2.05) is 0 Å². The van der Waals surface area contributed by atoms with Crippen molar-refractivity contribution in [1.29, 1.82) is 0 Å². The zero-order valence-corrected chi connectivity index (χ0v) is 13.2. The number of aromatic hydroxyl groups is 1. The number of fused-ring (bicyclic) bond motifs is 1. The van der Waals surface area contributed by atoms with Crippen molar-refractivity contribution < 1.29 is 19.8 Å². The molecule has 2 heterocycles. The van der Waals surface area contributed by atoms with Crippen LogP contribution in [0.3, 0.4) is 0 Å². The summed E-state index contributed by atoms with van der Waals surface area (Å²) in [5.74, 6) is -1.35. The van der Waals surface area contributed by atoms with Gasteiger partial charge in [0, 0.05) is 11.8 Å². The van der Waals surface area contributed by atoms with Gasteiger partial charge in [0.15, 0.2) is 5.65 Å². The second-order valence-corrected chi connectivity index (χ2v) is 6.16. The smallest absolute Gasteiger partial charge is 0.322 e. The molecule has 1 amide bonds. The van der Waals surface area contributed by atoms with Gasteiger partial charge in [-0.3, -0.25) is 9.59 Å². The Labute approximate surface area is 138 Å². The van der Waals surface area contributed by atoms with Gasteiger partial charge in [-0.15, -0.1) is 0 Å². The molecule has 2 aromatic rings. The van der Waals surface area contributed by atoms with Crippen LogP contribution in [0.4, 0.5) is 0 Å². The first-order valence-corrected chi connectivity index (χ1v) is 8.11. The van der Waals surface area contributed by atoms with Gasteiger partial charge in [0.1, 0.15) is 24.2 Å². The molecule has 0 radical (unpaired) electrons. The van der Waals surface area contributed by atoms with Crippen molar-refractivity contribution >= 4 is 17.5 Å². The van der Waals surface area contributed by atoms with Crippen molar-refractivity contribution in [3.63, 3.8) is 0 Å². The zero-order valence-electron chi connectivity index (χ0n) is 13.2. The second-order valence-electron chi connectivity index (χ2n) is 6.16. The maximum atomic E-state index is 12.1. The lowest BCUT2D eigenvalue weighted by molar-refractivity contribution is -0.135. The molecule has 1 aliphatic rings. The molecule has 1 saturated carbocycles. The second kappa shape index (κ2) is 6.86. The predicted octanol–water partition coefficient (Wildman–Crippen LogP) is 1.37. The Morgan fingerprint density at radius 2 is 2.08 bits per heavy atom. The lowest BCUT2D eigenvalue weighted by Gasteiger charge is -2.12. The third kappa shape index (κ3) is 3.32. The van der Waals surface area contributed by atoms with Crippen LogP contribution in [0.15, 0.2) is 12.4 Å². The summed E-state index contributed by atoms with van der Waals surface area (Å²) in [5.41, 5.74) is 0.972. The number of nitrogens with zero attached hydrogens (tertiary/aromatic N) is 3. The average molecular weight is 332 g/mol. The number of pyridine rings is 1. The largest absolute Gasteiger partial charge is 0.507 e. The van der Waals surface area contributed by atoms with Gasteiger partial charge in [-0.1, -0.05) is 25.7 Å². The van der Waals surface area contributed by atoms with Gasteiger partial charge < -0.3 is 15.5 Å². The van der Waals surface area contributed by atoms with Crippen molar-refractivity contribution in [3.05, 3.63) is 23.7 Å². The van der Waals surface area contributed by atoms with Gasteiger partial charge in [0.25, 0.3) is 5.91 Å². The van der Waals surface area contributed by atoms with Gasteiger partial charge in [-0.05, 0) is 18.8 Å². The summed E-state index contributed by atoms with van der Waals surface area (Å²) in [5, 5.41) is 25.3. The molecule has 128 valence electrons. The van der Waals surface area contributed by atoms with Gasteiger partial charge in [-0.2, -0.15) is 5.10 Å². The number of aryl methyl sites for hydroxylation is 1. The predicted molar refractivity (Wildman–Crippen MR) is 84.9 cm³/mol. The van der Waals surface area contributed by atoms with Crippen molar-refractivity contribution in [3.8, 4) is 5.75 Å². The quantitative estimate of drug-likeness (QED) is 0.735. The zero-order chi connectivity index (χ0) is 17.1. The molecule has 8 nitrogen and oxygen atoms in total. The molecule has 1 fully saturated rings. The van der Waals surface area contributed by atoms with Crippen molar-refractivity contribution in [2.24, 2.45) is 5.92 Å². The van der Waals surface area contributed by atoms with Gasteiger partial charge in [0.05, 0.1) is 0 Å². The minimum Gasteiger partial charge on any atom is -0.507 e. The number of carboxylic acids is 1. The molecule has 2 aromatic heterocycles. The Balaban J connectivity index is 1.85. The summed E-state index contributed by atoms with van der Waals surface area (Å²) in [6.45, 7) is -0.526. The summed E-state index contributed by atoms with van der Waals surface area (Å²) < 4.78 is 1.55. The molecule has 1 aliphatic carbocycles. The van der Waals surface area contributed by atoms with Crippen LogP contribution in [-0.4, -0.2) is 43.2 Å². The van der Waals surface area contributed by atoms with Gasteiger partial charge in [0.2, 0.25) is 0 Å². The van der Waals surface area contributed by atoms with E-state index in [1.54, 1.807) is 4.52 Å². The Hall–Kier alpha value is -2.64. The fourth-order valence-corrected chi connectivity index (χ4v) is 3.32. The molecule has 24 heavy (non-hydrogen) atoms. The number of amides is 1. The number of aliphatic carboxylic acids is 1. The van der Waals surface area contributed by atoms with Crippen LogP contribution in [0.5, 0.6) is 5.75 Å². The Kier molecular flexibility index (Phi) is 4.64. The number of aromatic nitrogens is 3. The monoisotopic (exact) mass is 332 g/mol. The Morgan fingerprint density at radius 3 is 2.79 bits per heavy atom. The lowest BCUT2D eigenvalue weighted by atomic mass is 10.00. The van der Waals surface area contributed by atoms with E-state index < -0.39 is 18.4 Å². The maximum absolute atomic E-state index is 12.1. The van der Waals surface area contributed by atoms with Crippen molar-refractivity contribution in [2.45, 2.75) is 38.5 Å². The molecule has 3 N–H and O–H groups in total. The minimum atomic E-state index is -1.16. The first-order chi connectivity index (χ1) is 11.6. The highest BCUT2D eigenvalue weighted by molar-refractivity contribution is 6.03. The topological polar surface area (TPSA) is 117 Å². The molecule has 0 aromatic carbocycles. The summed E-state index contributed by atoms with van der Waals surface area (Å²) in [4.78, 5) is 26.8. The fourth-order valence-electron chi connectivity index (χ4n) is 3.32. The maximum Gasteiger partial charge on any atom is 0.322 e. The summed E-state index contributed by atoms with van der Waals surface area (Å²) >= 11 is 0. The normalized spacial score (nSPS) is 15.0. The summed E-state index contributed by atoms with van der Waals surface area (Å²) in [7, 11) is 0. The number of nitrogens with one attached hydrogen (secondary N) is 1. The average Bonchev–Trinajstić information content (AvgIpc) is 3.21. The van der Waals surface area contributed by atoms with Gasteiger partial charge >= 0.3 is 5.97 Å². The molecular weight excluding hydrogens is 312 g/mol. The first-order valence-electron chi connectivity index (χ1n) is 8.11. The van der Waals surface area contributed by atoms with Crippen molar-refractivity contribution in [1.82, 2.24) is 19.9 Å². The number of hydrogen-bond donors (Lipinski definition) is 3. The van der Waals surface area contributed by atoms with E-state index in [4.69, 9.17) is 5.11 Å². The van der Waals surface area contributed by atoms with Crippen LogP contribution in [0.1, 0.15) is 48.2 Å². The van der Waals surface area contributed by atoms with Crippen LogP contribution >= 0.6 is 0 Å². The fraction of sp³-hybridized carbons (Fsp3) is 0.500. The minimum absolute atomic E-state index is 0.0571. The molecular formula is C16H20N4O4. The number of carbonyl (C=O) groups excluding carboxylic acids is 1. The van der Waals surface area contributed by atoms with E-state index in [0.717, 1.165) is 18.5 Å². The van der Waals surface area contributed by atoms with E-state index in [-0.39, 0.29) is 17.0 Å². The number of carbonyl (C=O) groups is 2. The van der Waals surface area contributed by atoms with Gasteiger partial charge in [-0.25, -0.2) is 9.50 Å². The Bertz CT molecular complexity index is 765. The highest BCUT2D eigenvalue weighted by Gasteiger charge is 2.22. The molecule has 0 bridgehead atoms. The van der Waals surface area contributed by atoms with Crippen LogP contribution in [0.25, 0.3) is 5.65 Å². The van der Waals surface area contributed by atoms with Crippen LogP contribution in [0.2, 0.25) is 0 Å². The number of hydrogen-bond acceptors (Lipinski definition) is 5. The molecule has 0 saturated heterocycles. The van der Waals surface area contributed by atoms with Crippen LogP contribution in [-0.2, 0) is 11.2 Å². The number of carboxylic acid groups (broad SMARTS) is 1. The SMILES string of the molecule is O=C(O)CNC(=O)c1c(O)cc(CCC2CCCC2)n2ncnc12. The molecule has 0 unspecified atom stereocenters. The lowest BCUT2D eigenvalue weighted by Crippen LogP contribution is -2.30. The standard InChI is InChI=1S/C16H20N4O4/c21-12-7-11(6-5-10-3-1-2-4-10)20-15(18-9-19-20)14(12)16(24)17-8-13(22)23/h7,9-10,21H,1-6,8H2,(H,17,24)(H,22,23). The molecule has 0 aliphatic heterocycles. The Morgan fingerprint density at radius 1 is 1.33 bits per heavy atom. The van der Waals surface area contributed by atoms with E-state index in [1.165, 1.54) is 38.1 Å². The summed E-state index contributed by atoms with van der Waals surface area (Å²) in [6, 6.07) is 1.52. The molecule has 8 heteroatoms. The van der Waals surface area contributed by atoms with Crippen LogP contribution in [0, 0.1) is 5.92 Å². The van der Waals surface area contributed by atoms with Crippen molar-refractivity contribution in [2.75, 3.05) is 6.54 Å². The van der Waals surface area contributed by atoms with E-state index in [9.17, 15) is 14.7 Å². The molecule has 0 atom stereocenters. The third-order valence-corrected chi connectivity index (χ3v) is 4.51. The first kappa shape index (κ1) is 16.2. The summed E-state index contributed by atoms with van der Waals surface area (Å²) in [6.07, 6.45) is 8.11. The number of rotatable bonds is 6.